The fraction of sp³-hybridized carbons (Fsp3) is 0.316. The molecule has 2 N–H and O–H groups in total. The second-order valence-corrected chi connectivity index (χ2v) is 5.75. The summed E-state index contributed by atoms with van der Waals surface area (Å²) in [6.07, 6.45) is 0.572. The van der Waals surface area contributed by atoms with Crippen LogP contribution in [0.1, 0.15) is 22.3 Å². The van der Waals surface area contributed by atoms with E-state index in [1.54, 1.807) is 6.07 Å². The van der Waals surface area contributed by atoms with Gasteiger partial charge < -0.3 is 15.4 Å². The summed E-state index contributed by atoms with van der Waals surface area (Å²) < 4.78 is 18.7. The van der Waals surface area contributed by atoms with E-state index in [1.165, 1.54) is 12.1 Å². The van der Waals surface area contributed by atoms with E-state index in [0.717, 1.165) is 28.0 Å². The van der Waals surface area contributed by atoms with Gasteiger partial charge >= 0.3 is 6.03 Å². The Bertz CT molecular complexity index is 717. The predicted molar refractivity (Wildman–Crippen MR) is 92.8 cm³/mol. The van der Waals surface area contributed by atoms with Gasteiger partial charge in [-0.25, -0.2) is 9.18 Å². The second-order valence-electron chi connectivity index (χ2n) is 5.75. The third-order valence-corrected chi connectivity index (χ3v) is 3.91. The van der Waals surface area contributed by atoms with Gasteiger partial charge in [0.2, 0.25) is 0 Å². The summed E-state index contributed by atoms with van der Waals surface area (Å²) in [6.45, 7) is 6.51. The third kappa shape index (κ3) is 4.98. The van der Waals surface area contributed by atoms with Crippen molar-refractivity contribution < 1.29 is 13.9 Å². The molecule has 4 nitrogen and oxygen atoms in total. The van der Waals surface area contributed by atoms with Crippen LogP contribution in [0.2, 0.25) is 0 Å². The van der Waals surface area contributed by atoms with Crippen LogP contribution in [-0.4, -0.2) is 19.3 Å². The number of carbonyl (C=O) groups excluding carboxylic acids is 1. The number of halogens is 1. The fourth-order valence-electron chi connectivity index (χ4n) is 2.40. The van der Waals surface area contributed by atoms with Gasteiger partial charge in [-0.05, 0) is 61.6 Å². The van der Waals surface area contributed by atoms with Crippen LogP contribution in [-0.2, 0) is 6.42 Å². The SMILES string of the molecule is Cc1ccc(C)c(OCNC(=O)NCCc2cccc(F)c2)c1C. The van der Waals surface area contributed by atoms with E-state index in [0.29, 0.717) is 13.0 Å². The lowest BCUT2D eigenvalue weighted by molar-refractivity contribution is 0.223. The van der Waals surface area contributed by atoms with Crippen molar-refractivity contribution in [2.45, 2.75) is 27.2 Å². The number of nitrogens with one attached hydrogen (secondary N) is 2. The molecule has 0 spiro atoms. The van der Waals surface area contributed by atoms with Crippen molar-refractivity contribution in [2.75, 3.05) is 13.3 Å². The van der Waals surface area contributed by atoms with Crippen molar-refractivity contribution in [1.29, 1.82) is 0 Å². The van der Waals surface area contributed by atoms with Gasteiger partial charge in [-0.1, -0.05) is 24.3 Å². The minimum atomic E-state index is -0.311. The van der Waals surface area contributed by atoms with Gasteiger partial charge in [-0.3, -0.25) is 0 Å². The van der Waals surface area contributed by atoms with Crippen LogP contribution in [0.15, 0.2) is 36.4 Å². The van der Waals surface area contributed by atoms with Gasteiger partial charge in [0.25, 0.3) is 0 Å². The average Bonchev–Trinajstić information content (AvgIpc) is 2.54. The molecule has 2 rings (SSSR count). The van der Waals surface area contributed by atoms with Crippen LogP contribution in [0.25, 0.3) is 0 Å². The van der Waals surface area contributed by atoms with Crippen LogP contribution in [0.5, 0.6) is 5.75 Å². The maximum atomic E-state index is 13.1. The summed E-state index contributed by atoms with van der Waals surface area (Å²) in [5, 5.41) is 5.38. The first kappa shape index (κ1) is 17.8. The van der Waals surface area contributed by atoms with E-state index < -0.39 is 0 Å². The molecule has 0 bridgehead atoms. The van der Waals surface area contributed by atoms with Crippen molar-refractivity contribution >= 4 is 6.03 Å². The highest BCUT2D eigenvalue weighted by atomic mass is 19.1. The van der Waals surface area contributed by atoms with E-state index in [1.807, 2.05) is 39.0 Å². The van der Waals surface area contributed by atoms with Crippen molar-refractivity contribution in [1.82, 2.24) is 10.6 Å². The van der Waals surface area contributed by atoms with Crippen molar-refractivity contribution in [3.8, 4) is 5.75 Å². The van der Waals surface area contributed by atoms with E-state index in [4.69, 9.17) is 4.74 Å². The summed E-state index contributed by atoms with van der Waals surface area (Å²) >= 11 is 0. The zero-order chi connectivity index (χ0) is 17.5. The summed E-state index contributed by atoms with van der Waals surface area (Å²) in [5.74, 6) is 0.532. The summed E-state index contributed by atoms with van der Waals surface area (Å²) in [5.41, 5.74) is 4.10. The zero-order valence-corrected chi connectivity index (χ0v) is 14.3. The van der Waals surface area contributed by atoms with Gasteiger partial charge in [0, 0.05) is 6.54 Å². The minimum Gasteiger partial charge on any atom is -0.473 e. The molecule has 2 amide bonds. The number of rotatable bonds is 6. The first-order chi connectivity index (χ1) is 11.5. The van der Waals surface area contributed by atoms with E-state index in [-0.39, 0.29) is 18.6 Å². The molecule has 0 saturated carbocycles. The molecule has 0 unspecified atom stereocenters. The summed E-state index contributed by atoms with van der Waals surface area (Å²) in [7, 11) is 0. The van der Waals surface area contributed by atoms with Gasteiger partial charge in [0.05, 0.1) is 0 Å². The molecule has 0 radical (unpaired) electrons. The molecule has 0 aromatic heterocycles. The van der Waals surface area contributed by atoms with Crippen molar-refractivity contribution in [3.05, 3.63) is 64.5 Å². The maximum Gasteiger partial charge on any atom is 0.317 e. The molecule has 24 heavy (non-hydrogen) atoms. The minimum absolute atomic E-state index is 0.0942. The molecule has 2 aromatic carbocycles. The van der Waals surface area contributed by atoms with E-state index >= 15 is 0 Å². The standard InChI is InChI=1S/C19H23FN2O2/c1-13-7-8-14(2)18(15(13)3)24-12-22-19(23)21-10-9-16-5-4-6-17(20)11-16/h4-8,11H,9-10,12H2,1-3H3,(H2,21,22,23). The second kappa shape index (κ2) is 8.34. The van der Waals surface area contributed by atoms with Crippen molar-refractivity contribution in [3.63, 3.8) is 0 Å². The normalized spacial score (nSPS) is 10.3. The monoisotopic (exact) mass is 330 g/mol. The number of benzene rings is 2. The first-order valence-electron chi connectivity index (χ1n) is 7.93. The molecule has 0 atom stereocenters. The molecule has 5 heteroatoms. The van der Waals surface area contributed by atoms with Gasteiger partial charge in [0.15, 0.2) is 6.73 Å². The average molecular weight is 330 g/mol. The number of hydrogen-bond acceptors (Lipinski definition) is 2. The van der Waals surface area contributed by atoms with Gasteiger partial charge in [-0.15, -0.1) is 0 Å². The Morgan fingerprint density at radius 1 is 1.08 bits per heavy atom. The van der Waals surface area contributed by atoms with Crippen LogP contribution < -0.4 is 15.4 Å². The van der Waals surface area contributed by atoms with E-state index in [9.17, 15) is 9.18 Å². The Morgan fingerprint density at radius 2 is 1.83 bits per heavy atom. The Kier molecular flexibility index (Phi) is 6.18. The highest BCUT2D eigenvalue weighted by molar-refractivity contribution is 5.73. The Morgan fingerprint density at radius 3 is 2.58 bits per heavy atom. The summed E-state index contributed by atoms with van der Waals surface area (Å²) in [6, 6.07) is 10.1. The van der Waals surface area contributed by atoms with Crippen LogP contribution in [0.3, 0.4) is 0 Å². The largest absolute Gasteiger partial charge is 0.473 e. The smallest absolute Gasteiger partial charge is 0.317 e. The van der Waals surface area contributed by atoms with E-state index in [2.05, 4.69) is 10.6 Å². The van der Waals surface area contributed by atoms with Crippen LogP contribution in [0, 0.1) is 26.6 Å². The van der Waals surface area contributed by atoms with Crippen LogP contribution >= 0.6 is 0 Å². The summed E-state index contributed by atoms with van der Waals surface area (Å²) in [4.78, 5) is 11.8. The molecule has 2 aromatic rings. The molecule has 0 saturated heterocycles. The van der Waals surface area contributed by atoms with Crippen LogP contribution in [0.4, 0.5) is 9.18 Å². The number of hydrogen-bond donors (Lipinski definition) is 2. The zero-order valence-electron chi connectivity index (χ0n) is 14.3. The molecular formula is C19H23FN2O2. The number of aryl methyl sites for hydroxylation is 2. The molecule has 0 heterocycles. The topological polar surface area (TPSA) is 50.4 Å². The highest BCUT2D eigenvalue weighted by Crippen LogP contribution is 2.25. The lowest BCUT2D eigenvalue weighted by Crippen LogP contribution is -2.38. The number of ether oxygens (including phenoxy) is 1. The molecule has 0 aliphatic carbocycles. The Balaban J connectivity index is 1.73. The Labute approximate surface area is 142 Å². The molecule has 0 aliphatic rings. The highest BCUT2D eigenvalue weighted by Gasteiger charge is 2.07. The quantitative estimate of drug-likeness (QED) is 0.795. The lowest BCUT2D eigenvalue weighted by Gasteiger charge is -2.14. The molecule has 0 fully saturated rings. The van der Waals surface area contributed by atoms with Gasteiger partial charge in [0.1, 0.15) is 11.6 Å². The number of amides is 2. The molecule has 128 valence electrons. The third-order valence-electron chi connectivity index (χ3n) is 3.91. The van der Waals surface area contributed by atoms with Gasteiger partial charge in [-0.2, -0.15) is 0 Å². The Hall–Kier alpha value is -2.56. The fourth-order valence-corrected chi connectivity index (χ4v) is 2.40. The predicted octanol–water partition coefficient (Wildman–Crippen LogP) is 3.63. The van der Waals surface area contributed by atoms with Crippen molar-refractivity contribution in [2.24, 2.45) is 0 Å². The number of carbonyl (C=O) groups is 1. The number of urea groups is 1. The lowest BCUT2D eigenvalue weighted by atomic mass is 10.1. The maximum absolute atomic E-state index is 13.1. The first-order valence-corrected chi connectivity index (χ1v) is 7.93. The molecular weight excluding hydrogens is 307 g/mol. The molecule has 0 aliphatic heterocycles.